The van der Waals surface area contributed by atoms with Gasteiger partial charge in [0.15, 0.2) is 6.10 Å². The van der Waals surface area contributed by atoms with Crippen molar-refractivity contribution in [1.82, 2.24) is 0 Å². The van der Waals surface area contributed by atoms with E-state index in [9.17, 15) is 19.0 Å². The summed E-state index contributed by atoms with van der Waals surface area (Å²) >= 11 is 0. The lowest BCUT2D eigenvalue weighted by Crippen LogP contribution is -2.37. The summed E-state index contributed by atoms with van der Waals surface area (Å²) in [4.78, 5) is 38.1. The molecular weight excluding hydrogens is 1130 g/mol. The summed E-state index contributed by atoms with van der Waals surface area (Å²) in [6.07, 6.45) is 94.8. The molecule has 0 aliphatic heterocycles. The van der Waals surface area contributed by atoms with Gasteiger partial charge in [0.05, 0.1) is 27.7 Å². The number of carbonyl (C=O) groups is 2. The Labute approximate surface area is 559 Å². The van der Waals surface area contributed by atoms with Crippen LogP contribution < -0.4 is 4.89 Å². The van der Waals surface area contributed by atoms with E-state index in [2.05, 4.69) is 74.6 Å². The molecule has 0 rings (SSSR count). The van der Waals surface area contributed by atoms with E-state index in [-0.39, 0.29) is 32.0 Å². The lowest BCUT2D eigenvalue weighted by atomic mass is 10.0. The summed E-state index contributed by atoms with van der Waals surface area (Å²) in [6, 6.07) is 0. The van der Waals surface area contributed by atoms with Crippen LogP contribution in [0.4, 0.5) is 0 Å². The number of phosphoric ester groups is 1. The summed E-state index contributed by atoms with van der Waals surface area (Å²) in [7, 11) is 1.18. The van der Waals surface area contributed by atoms with Crippen molar-refractivity contribution in [2.24, 2.45) is 0 Å². The first-order chi connectivity index (χ1) is 44.0. The van der Waals surface area contributed by atoms with Crippen molar-refractivity contribution in [2.45, 2.75) is 392 Å². The van der Waals surface area contributed by atoms with Gasteiger partial charge in [-0.2, -0.15) is 0 Å². The minimum absolute atomic E-state index is 0.0302. The van der Waals surface area contributed by atoms with Crippen LogP contribution >= 0.6 is 7.82 Å². The van der Waals surface area contributed by atoms with Crippen molar-refractivity contribution in [3.8, 4) is 0 Å². The van der Waals surface area contributed by atoms with Crippen LogP contribution in [0.2, 0.25) is 0 Å². The van der Waals surface area contributed by atoms with Gasteiger partial charge in [-0.25, -0.2) is 0 Å². The number of rotatable bonds is 73. The van der Waals surface area contributed by atoms with Crippen LogP contribution in [0.15, 0.2) is 60.8 Å². The molecule has 0 aromatic heterocycles. The smallest absolute Gasteiger partial charge is 0.306 e. The quantitative estimate of drug-likeness (QED) is 0.0195. The van der Waals surface area contributed by atoms with Crippen molar-refractivity contribution in [3.63, 3.8) is 0 Å². The van der Waals surface area contributed by atoms with Crippen LogP contribution in [-0.2, 0) is 32.7 Å². The van der Waals surface area contributed by atoms with Gasteiger partial charge in [0.2, 0.25) is 0 Å². The number of phosphoric acid groups is 1. The van der Waals surface area contributed by atoms with Gasteiger partial charge < -0.3 is 27.9 Å². The number of nitrogens with zero attached hydrogens (tertiary/aromatic N) is 1. The van der Waals surface area contributed by atoms with E-state index < -0.39 is 26.5 Å². The van der Waals surface area contributed by atoms with E-state index in [0.717, 1.165) is 57.8 Å². The second-order valence-electron chi connectivity index (χ2n) is 27.7. The van der Waals surface area contributed by atoms with E-state index in [1.54, 1.807) is 0 Å². The van der Waals surface area contributed by atoms with Crippen molar-refractivity contribution >= 4 is 19.8 Å². The first kappa shape index (κ1) is 87.7. The van der Waals surface area contributed by atoms with E-state index in [1.165, 1.54) is 295 Å². The highest BCUT2D eigenvalue weighted by Crippen LogP contribution is 2.38. The van der Waals surface area contributed by atoms with Crippen LogP contribution in [0.25, 0.3) is 0 Å². The fourth-order valence-electron chi connectivity index (χ4n) is 11.5. The average Bonchev–Trinajstić information content (AvgIpc) is 3.61. The number of esters is 2. The Hall–Kier alpha value is -2.29. The molecule has 0 saturated heterocycles. The highest BCUT2D eigenvalue weighted by atomic mass is 31.2. The van der Waals surface area contributed by atoms with Crippen LogP contribution in [0.5, 0.6) is 0 Å². The topological polar surface area (TPSA) is 111 Å². The maximum Gasteiger partial charge on any atom is 0.306 e. The second kappa shape index (κ2) is 71.0. The molecule has 0 heterocycles. The minimum Gasteiger partial charge on any atom is -0.756 e. The molecule has 0 amide bonds. The largest absolute Gasteiger partial charge is 0.756 e. The molecule has 0 spiro atoms. The summed E-state index contributed by atoms with van der Waals surface area (Å²) in [5.41, 5.74) is 0. The number of carbonyl (C=O) groups excluding carboxylic acids is 2. The molecule has 0 aliphatic rings. The summed E-state index contributed by atoms with van der Waals surface area (Å²) in [5, 5.41) is 0. The van der Waals surface area contributed by atoms with Crippen molar-refractivity contribution in [2.75, 3.05) is 47.5 Å². The third kappa shape index (κ3) is 74.7. The Morgan fingerprint density at radius 1 is 0.344 bits per heavy atom. The molecule has 528 valence electrons. The first-order valence-corrected chi connectivity index (χ1v) is 40.5. The minimum atomic E-state index is -4.64. The van der Waals surface area contributed by atoms with Gasteiger partial charge in [-0.15, -0.1) is 0 Å². The molecule has 0 bridgehead atoms. The van der Waals surface area contributed by atoms with Gasteiger partial charge in [0.25, 0.3) is 7.82 Å². The second-order valence-corrected chi connectivity index (χ2v) is 29.1. The molecule has 0 N–H and O–H groups in total. The Balaban J connectivity index is 3.91. The molecule has 0 aromatic carbocycles. The monoisotopic (exact) mass is 1280 g/mol. The van der Waals surface area contributed by atoms with E-state index in [0.29, 0.717) is 17.4 Å². The van der Waals surface area contributed by atoms with Gasteiger partial charge in [-0.1, -0.05) is 351 Å². The van der Waals surface area contributed by atoms with Crippen molar-refractivity contribution in [3.05, 3.63) is 60.8 Å². The maximum atomic E-state index is 12.9. The molecular formula is C80H150NO8P. The third-order valence-corrected chi connectivity index (χ3v) is 18.5. The zero-order valence-electron chi connectivity index (χ0n) is 60.4. The molecule has 9 nitrogen and oxygen atoms in total. The number of likely N-dealkylation sites (N-methyl/N-ethyl adjacent to an activating group) is 1. The molecule has 2 unspecified atom stereocenters. The Bertz CT molecular complexity index is 1700. The Morgan fingerprint density at radius 2 is 0.600 bits per heavy atom. The molecule has 0 aliphatic carbocycles. The van der Waals surface area contributed by atoms with E-state index in [1.807, 2.05) is 21.1 Å². The molecule has 0 saturated carbocycles. The normalized spacial score (nSPS) is 13.4. The van der Waals surface area contributed by atoms with Crippen LogP contribution in [0.1, 0.15) is 386 Å². The summed E-state index contributed by atoms with van der Waals surface area (Å²) < 4.78 is 34.4. The molecule has 10 heteroatoms. The zero-order chi connectivity index (χ0) is 65.5. The number of unbranched alkanes of at least 4 members (excludes halogenated alkanes) is 49. The molecule has 0 fully saturated rings. The zero-order valence-corrected chi connectivity index (χ0v) is 61.2. The number of hydrogen-bond acceptors (Lipinski definition) is 8. The summed E-state index contributed by atoms with van der Waals surface area (Å²) in [6.45, 7) is 4.27. The number of hydrogen-bond donors (Lipinski definition) is 0. The number of ether oxygens (including phenoxy) is 2. The van der Waals surface area contributed by atoms with Gasteiger partial charge >= 0.3 is 11.9 Å². The number of allylic oxidation sites excluding steroid dienone is 10. The molecule has 2 atom stereocenters. The van der Waals surface area contributed by atoms with Crippen molar-refractivity contribution < 1.29 is 42.1 Å². The molecule has 90 heavy (non-hydrogen) atoms. The summed E-state index contributed by atoms with van der Waals surface area (Å²) in [5.74, 6) is -0.817. The lowest BCUT2D eigenvalue weighted by Gasteiger charge is -2.28. The Kier molecular flexibility index (Phi) is 69.2. The number of quaternary nitrogens is 1. The van der Waals surface area contributed by atoms with E-state index in [4.69, 9.17) is 18.5 Å². The predicted molar refractivity (Wildman–Crippen MR) is 388 cm³/mol. The van der Waals surface area contributed by atoms with Gasteiger partial charge in [0, 0.05) is 12.8 Å². The van der Waals surface area contributed by atoms with Crippen LogP contribution in [-0.4, -0.2) is 70.0 Å². The molecule has 0 aromatic rings. The van der Waals surface area contributed by atoms with Crippen LogP contribution in [0.3, 0.4) is 0 Å². The van der Waals surface area contributed by atoms with Gasteiger partial charge in [-0.05, 0) is 83.5 Å². The third-order valence-electron chi connectivity index (χ3n) is 17.5. The predicted octanol–water partition coefficient (Wildman–Crippen LogP) is 25.1. The highest BCUT2D eigenvalue weighted by Gasteiger charge is 2.22. The fraction of sp³-hybridized carbons (Fsp3) is 0.850. The lowest BCUT2D eigenvalue weighted by molar-refractivity contribution is -0.870. The molecule has 0 radical (unpaired) electrons. The standard InChI is InChI=1S/C80H150NO8P/c1-6-8-10-12-14-16-18-20-22-24-26-28-30-32-34-35-36-37-38-39-40-41-42-43-44-45-47-48-50-52-54-56-58-60-62-64-66-68-70-72-79(82)86-76-78(77-88-90(84,85)87-75-74-81(3,4)5)89-80(83)73-71-69-67-65-63-61-59-57-55-53-51-49-46-33-31-29-27-25-23-21-19-17-15-13-11-9-7-2/h18-21,24-27,31,33,78H,6-17,22-23,28-30,32,34-77H2,1-5H3/b20-18-,21-19-,26-24-,27-25-,33-31-. The maximum absolute atomic E-state index is 12.9. The van der Waals surface area contributed by atoms with E-state index >= 15 is 0 Å². The Morgan fingerprint density at radius 3 is 0.889 bits per heavy atom. The SMILES string of the molecule is CCCCCCC/C=C\C/C=C\C/C=C\CCCCCCCCCCCCCCC(=O)OC(COC(=O)CCCCCCCCCCCCCCCCCCCCCCCCCCCCC/C=C\C/C=C\CCCCCCC)COP(=O)([O-])OCC[N+](C)(C)C. The fourth-order valence-corrected chi connectivity index (χ4v) is 12.3. The highest BCUT2D eigenvalue weighted by molar-refractivity contribution is 7.45. The average molecular weight is 1290 g/mol. The van der Waals surface area contributed by atoms with Crippen LogP contribution in [0, 0.1) is 0 Å². The van der Waals surface area contributed by atoms with Gasteiger partial charge in [-0.3, -0.25) is 14.2 Å². The van der Waals surface area contributed by atoms with Crippen molar-refractivity contribution in [1.29, 1.82) is 0 Å². The first-order valence-electron chi connectivity index (χ1n) is 39.0. The van der Waals surface area contributed by atoms with Gasteiger partial charge in [0.1, 0.15) is 19.8 Å².